The summed E-state index contributed by atoms with van der Waals surface area (Å²) in [4.78, 5) is 11.3. The molecule has 2 N–H and O–H groups in total. The molecule has 0 aliphatic rings. The minimum Gasteiger partial charge on any atom is -0.275 e. The lowest BCUT2D eigenvalue weighted by Crippen LogP contribution is -2.10. The van der Waals surface area contributed by atoms with Crippen LogP contribution in [0, 0.1) is 6.92 Å². The van der Waals surface area contributed by atoms with Gasteiger partial charge >= 0.3 is 0 Å². The van der Waals surface area contributed by atoms with E-state index >= 15 is 0 Å². The molecule has 5 nitrogen and oxygen atoms in total. The number of nitrogens with one attached hydrogen (secondary N) is 2. The molecule has 0 spiro atoms. The smallest absolute Gasteiger partial charge is 0.275 e. The van der Waals surface area contributed by atoms with Crippen LogP contribution in [0.4, 0.5) is 5.69 Å². The lowest BCUT2D eigenvalue weighted by Gasteiger charge is -2.04. The first-order valence-electron chi connectivity index (χ1n) is 5.68. The molecule has 0 saturated carbocycles. The fraction of sp³-hybridized carbons (Fsp3) is 0.154. The van der Waals surface area contributed by atoms with Gasteiger partial charge in [0, 0.05) is 0 Å². The molecule has 0 aliphatic heterocycles. The third kappa shape index (κ3) is 3.20. The van der Waals surface area contributed by atoms with Gasteiger partial charge in [-0.1, -0.05) is 41.4 Å². The minimum atomic E-state index is -0.449. The second-order valence-corrected chi connectivity index (χ2v) is 4.48. The van der Waals surface area contributed by atoms with Crippen molar-refractivity contribution < 1.29 is 0 Å². The lowest BCUT2D eigenvalue weighted by molar-refractivity contribution is 0.986. The number of aromatic nitrogens is 2. The molecule has 0 saturated heterocycles. The van der Waals surface area contributed by atoms with Crippen molar-refractivity contribution in [3.8, 4) is 0 Å². The van der Waals surface area contributed by atoms with Crippen molar-refractivity contribution in [1.29, 1.82) is 0 Å². The zero-order valence-electron chi connectivity index (χ0n) is 10.6. The van der Waals surface area contributed by atoms with Gasteiger partial charge in [0.15, 0.2) is 0 Å². The van der Waals surface area contributed by atoms with E-state index in [0.29, 0.717) is 5.69 Å². The van der Waals surface area contributed by atoms with E-state index in [9.17, 15) is 4.79 Å². The SMILES string of the molecule is C/C(=N\Nc1cn[nH]c(=O)c1Cl)c1ccc(C)cc1. The maximum atomic E-state index is 11.3. The van der Waals surface area contributed by atoms with E-state index in [1.165, 1.54) is 11.8 Å². The number of benzene rings is 1. The standard InChI is InChI=1S/C13H13ClN4O/c1-8-3-5-10(6-4-8)9(2)16-17-11-7-15-18-13(19)12(11)14/h3-7H,1-2H3,(H2,17,18,19)/b16-9+. The molecule has 0 unspecified atom stereocenters. The molecule has 2 rings (SSSR count). The van der Waals surface area contributed by atoms with Gasteiger partial charge in [-0.15, -0.1) is 0 Å². The maximum Gasteiger partial charge on any atom is 0.285 e. The Bertz CT molecular complexity index is 661. The number of rotatable bonds is 3. The van der Waals surface area contributed by atoms with Crippen LogP contribution in [0.25, 0.3) is 0 Å². The van der Waals surface area contributed by atoms with Crippen LogP contribution >= 0.6 is 11.6 Å². The molecule has 2 aromatic rings. The van der Waals surface area contributed by atoms with Crippen LogP contribution in [0.1, 0.15) is 18.1 Å². The van der Waals surface area contributed by atoms with Crippen molar-refractivity contribution in [1.82, 2.24) is 10.2 Å². The average Bonchev–Trinajstić information content (AvgIpc) is 2.41. The Balaban J connectivity index is 2.20. The summed E-state index contributed by atoms with van der Waals surface area (Å²) < 4.78 is 0. The van der Waals surface area contributed by atoms with Crippen LogP contribution < -0.4 is 11.0 Å². The van der Waals surface area contributed by atoms with E-state index in [-0.39, 0.29) is 5.02 Å². The van der Waals surface area contributed by atoms with Crippen LogP contribution in [-0.2, 0) is 0 Å². The monoisotopic (exact) mass is 276 g/mol. The van der Waals surface area contributed by atoms with Gasteiger partial charge in [-0.05, 0) is 19.4 Å². The third-order valence-electron chi connectivity index (χ3n) is 2.61. The zero-order chi connectivity index (χ0) is 13.8. The summed E-state index contributed by atoms with van der Waals surface area (Å²) in [5.41, 5.74) is 5.63. The summed E-state index contributed by atoms with van der Waals surface area (Å²) in [6, 6.07) is 7.98. The Morgan fingerprint density at radius 1 is 1.37 bits per heavy atom. The van der Waals surface area contributed by atoms with Gasteiger partial charge in [0.2, 0.25) is 0 Å². The lowest BCUT2D eigenvalue weighted by atomic mass is 10.1. The molecule has 0 fully saturated rings. The molecule has 1 aromatic carbocycles. The van der Waals surface area contributed by atoms with E-state index in [4.69, 9.17) is 11.6 Å². The van der Waals surface area contributed by atoms with Crippen LogP contribution in [0.2, 0.25) is 5.02 Å². The van der Waals surface area contributed by atoms with Gasteiger partial charge in [-0.25, -0.2) is 5.10 Å². The van der Waals surface area contributed by atoms with Gasteiger partial charge in [0.1, 0.15) is 10.7 Å². The number of hydrogen-bond donors (Lipinski definition) is 2. The number of aryl methyl sites for hydroxylation is 1. The molecule has 1 aromatic heterocycles. The predicted molar refractivity (Wildman–Crippen MR) is 76.9 cm³/mol. The van der Waals surface area contributed by atoms with Crippen molar-refractivity contribution in [3.63, 3.8) is 0 Å². The Kier molecular flexibility index (Phi) is 3.97. The Labute approximate surface area is 115 Å². The van der Waals surface area contributed by atoms with E-state index in [1.807, 2.05) is 38.1 Å². The largest absolute Gasteiger partial charge is 0.285 e. The minimum absolute atomic E-state index is 0.0375. The first kappa shape index (κ1) is 13.3. The average molecular weight is 277 g/mol. The molecule has 98 valence electrons. The normalized spacial score (nSPS) is 11.4. The number of halogens is 1. The van der Waals surface area contributed by atoms with Crippen molar-refractivity contribution >= 4 is 23.0 Å². The van der Waals surface area contributed by atoms with Gasteiger partial charge in [-0.2, -0.15) is 10.2 Å². The van der Waals surface area contributed by atoms with Gasteiger partial charge in [0.25, 0.3) is 5.56 Å². The first-order valence-corrected chi connectivity index (χ1v) is 6.06. The number of hydrazone groups is 1. The summed E-state index contributed by atoms with van der Waals surface area (Å²) in [5, 5.41) is 10.1. The molecule has 0 bridgehead atoms. The summed E-state index contributed by atoms with van der Waals surface area (Å²) in [7, 11) is 0. The van der Waals surface area contributed by atoms with E-state index in [1.54, 1.807) is 0 Å². The fourth-order valence-electron chi connectivity index (χ4n) is 1.46. The Hall–Kier alpha value is -2.14. The predicted octanol–water partition coefficient (Wildman–Crippen LogP) is 2.57. The second kappa shape index (κ2) is 5.67. The Morgan fingerprint density at radius 2 is 2.05 bits per heavy atom. The molecular weight excluding hydrogens is 264 g/mol. The topological polar surface area (TPSA) is 70.1 Å². The van der Waals surface area contributed by atoms with Crippen molar-refractivity contribution in [2.45, 2.75) is 13.8 Å². The molecule has 6 heteroatoms. The highest BCUT2D eigenvalue weighted by Crippen LogP contribution is 2.14. The second-order valence-electron chi connectivity index (χ2n) is 4.10. The number of anilines is 1. The van der Waals surface area contributed by atoms with Crippen LogP contribution in [0.3, 0.4) is 0 Å². The number of aromatic amines is 1. The number of H-pyrrole nitrogens is 1. The maximum absolute atomic E-state index is 11.3. The van der Waals surface area contributed by atoms with Crippen molar-refractivity contribution in [2.75, 3.05) is 5.43 Å². The number of nitrogens with zero attached hydrogens (tertiary/aromatic N) is 2. The summed E-state index contributed by atoms with van der Waals surface area (Å²) in [5.74, 6) is 0. The highest BCUT2D eigenvalue weighted by Gasteiger charge is 2.04. The van der Waals surface area contributed by atoms with Gasteiger partial charge in [0.05, 0.1) is 11.9 Å². The van der Waals surface area contributed by atoms with Crippen LogP contribution in [0.5, 0.6) is 0 Å². The summed E-state index contributed by atoms with van der Waals surface area (Å²) >= 11 is 5.83. The summed E-state index contributed by atoms with van der Waals surface area (Å²) in [6.45, 7) is 3.89. The van der Waals surface area contributed by atoms with Crippen LogP contribution in [-0.4, -0.2) is 15.9 Å². The third-order valence-corrected chi connectivity index (χ3v) is 2.98. The van der Waals surface area contributed by atoms with Crippen LogP contribution in [0.15, 0.2) is 40.4 Å². The molecular formula is C13H13ClN4O. The molecule has 0 radical (unpaired) electrons. The molecule has 19 heavy (non-hydrogen) atoms. The quantitative estimate of drug-likeness (QED) is 0.669. The Morgan fingerprint density at radius 3 is 2.74 bits per heavy atom. The van der Waals surface area contributed by atoms with E-state index in [2.05, 4.69) is 20.7 Å². The molecule has 0 atom stereocenters. The van der Waals surface area contributed by atoms with Crippen molar-refractivity contribution in [2.24, 2.45) is 5.10 Å². The van der Waals surface area contributed by atoms with E-state index < -0.39 is 5.56 Å². The number of hydrogen-bond acceptors (Lipinski definition) is 4. The highest BCUT2D eigenvalue weighted by atomic mass is 35.5. The molecule has 1 heterocycles. The van der Waals surface area contributed by atoms with Gasteiger partial charge < -0.3 is 0 Å². The zero-order valence-corrected chi connectivity index (χ0v) is 11.3. The fourth-order valence-corrected chi connectivity index (χ4v) is 1.60. The van der Waals surface area contributed by atoms with Gasteiger partial charge in [-0.3, -0.25) is 10.2 Å². The first-order chi connectivity index (χ1) is 9.08. The highest BCUT2D eigenvalue weighted by molar-refractivity contribution is 6.32. The molecule has 0 amide bonds. The molecule has 0 aliphatic carbocycles. The summed E-state index contributed by atoms with van der Waals surface area (Å²) in [6.07, 6.45) is 1.41. The van der Waals surface area contributed by atoms with Crippen molar-refractivity contribution in [3.05, 3.63) is 57.0 Å². The van der Waals surface area contributed by atoms with E-state index in [0.717, 1.165) is 11.3 Å².